The number of amides is 1. The van der Waals surface area contributed by atoms with Crippen LogP contribution in [0.2, 0.25) is 0 Å². The fraction of sp³-hybridized carbons (Fsp3) is 0.417. The van der Waals surface area contributed by atoms with Gasteiger partial charge in [-0.15, -0.1) is 0 Å². The Kier molecular flexibility index (Phi) is 9.18. The fourth-order valence-corrected chi connectivity index (χ4v) is 3.02. The number of nitrogens with one attached hydrogen (secondary N) is 1. The number of rotatable bonds is 11. The molecule has 0 fully saturated rings. The van der Waals surface area contributed by atoms with Crippen molar-refractivity contribution in [3.05, 3.63) is 47.5 Å². The molecular weight excluding hydrogens is 398 g/mol. The number of carbonyl (C=O) groups excluding carboxylic acids is 2. The molecule has 0 heterocycles. The van der Waals surface area contributed by atoms with Crippen molar-refractivity contribution >= 4 is 17.6 Å². The van der Waals surface area contributed by atoms with Gasteiger partial charge in [0.2, 0.25) is 5.75 Å². The Morgan fingerprint density at radius 1 is 0.903 bits per heavy atom. The molecule has 0 atom stereocenters. The Morgan fingerprint density at radius 2 is 1.48 bits per heavy atom. The number of para-hydroxylation sites is 1. The Labute approximate surface area is 183 Å². The van der Waals surface area contributed by atoms with E-state index in [-0.39, 0.29) is 11.5 Å². The molecule has 0 aliphatic heterocycles. The molecule has 0 spiro atoms. The summed E-state index contributed by atoms with van der Waals surface area (Å²) in [4.78, 5) is 24.9. The van der Waals surface area contributed by atoms with Gasteiger partial charge in [-0.1, -0.05) is 32.0 Å². The SMILES string of the molecule is CCOc1cc(C(=O)OCC(=O)Nc2ccccc2C(C)C)cc(OCC)c1OCC. The van der Waals surface area contributed by atoms with Crippen LogP contribution >= 0.6 is 0 Å². The van der Waals surface area contributed by atoms with Crippen LogP contribution in [0.4, 0.5) is 5.69 Å². The molecule has 1 amide bonds. The first-order chi connectivity index (χ1) is 14.9. The van der Waals surface area contributed by atoms with Crippen molar-refractivity contribution in [2.24, 2.45) is 0 Å². The molecule has 2 rings (SSSR count). The van der Waals surface area contributed by atoms with E-state index in [1.165, 1.54) is 12.1 Å². The van der Waals surface area contributed by atoms with Gasteiger partial charge in [0.1, 0.15) is 0 Å². The quantitative estimate of drug-likeness (QED) is 0.517. The number of hydrogen-bond donors (Lipinski definition) is 1. The largest absolute Gasteiger partial charge is 0.490 e. The highest BCUT2D eigenvalue weighted by atomic mass is 16.5. The van der Waals surface area contributed by atoms with E-state index >= 15 is 0 Å². The minimum atomic E-state index is -0.655. The third-order valence-electron chi connectivity index (χ3n) is 4.34. The van der Waals surface area contributed by atoms with Gasteiger partial charge in [-0.2, -0.15) is 0 Å². The van der Waals surface area contributed by atoms with Gasteiger partial charge in [0, 0.05) is 5.69 Å². The molecule has 7 heteroatoms. The maximum atomic E-state index is 12.6. The second-order valence-corrected chi connectivity index (χ2v) is 6.97. The average molecular weight is 430 g/mol. The van der Waals surface area contributed by atoms with Crippen LogP contribution in [0.5, 0.6) is 17.2 Å². The van der Waals surface area contributed by atoms with Gasteiger partial charge in [-0.05, 0) is 50.5 Å². The third-order valence-corrected chi connectivity index (χ3v) is 4.34. The Hall–Kier alpha value is -3.22. The maximum absolute atomic E-state index is 12.6. The second-order valence-electron chi connectivity index (χ2n) is 6.97. The van der Waals surface area contributed by atoms with Crippen LogP contribution in [-0.2, 0) is 9.53 Å². The summed E-state index contributed by atoms with van der Waals surface area (Å²) in [6, 6.07) is 10.6. The number of hydrogen-bond acceptors (Lipinski definition) is 6. The summed E-state index contributed by atoms with van der Waals surface area (Å²) in [5, 5.41) is 2.80. The van der Waals surface area contributed by atoms with Crippen molar-refractivity contribution in [2.45, 2.75) is 40.5 Å². The van der Waals surface area contributed by atoms with Crippen molar-refractivity contribution in [1.82, 2.24) is 0 Å². The van der Waals surface area contributed by atoms with E-state index in [0.717, 1.165) is 5.56 Å². The van der Waals surface area contributed by atoms with Crippen LogP contribution in [0.15, 0.2) is 36.4 Å². The lowest BCUT2D eigenvalue weighted by atomic mass is 10.0. The summed E-state index contributed by atoms with van der Waals surface area (Å²) in [6.45, 7) is 10.4. The van der Waals surface area contributed by atoms with E-state index in [1.54, 1.807) is 0 Å². The first kappa shape index (κ1) is 24.1. The van der Waals surface area contributed by atoms with Gasteiger partial charge in [-0.25, -0.2) is 4.79 Å². The average Bonchev–Trinajstić information content (AvgIpc) is 2.74. The Balaban J connectivity index is 2.13. The fourth-order valence-electron chi connectivity index (χ4n) is 3.02. The van der Waals surface area contributed by atoms with Crippen LogP contribution in [0, 0.1) is 0 Å². The van der Waals surface area contributed by atoms with E-state index in [4.69, 9.17) is 18.9 Å². The van der Waals surface area contributed by atoms with Crippen molar-refractivity contribution in [1.29, 1.82) is 0 Å². The molecule has 0 saturated heterocycles. The minimum Gasteiger partial charge on any atom is -0.490 e. The lowest BCUT2D eigenvalue weighted by molar-refractivity contribution is -0.119. The number of esters is 1. The van der Waals surface area contributed by atoms with Crippen molar-refractivity contribution in [3.8, 4) is 17.2 Å². The highest BCUT2D eigenvalue weighted by Crippen LogP contribution is 2.39. The van der Waals surface area contributed by atoms with E-state index in [0.29, 0.717) is 42.8 Å². The van der Waals surface area contributed by atoms with E-state index in [2.05, 4.69) is 5.32 Å². The molecule has 31 heavy (non-hydrogen) atoms. The molecule has 2 aromatic carbocycles. The first-order valence-electron chi connectivity index (χ1n) is 10.5. The summed E-state index contributed by atoms with van der Waals surface area (Å²) in [5.74, 6) is 0.387. The summed E-state index contributed by atoms with van der Waals surface area (Å²) >= 11 is 0. The second kappa shape index (κ2) is 11.8. The zero-order chi connectivity index (χ0) is 22.8. The molecule has 0 radical (unpaired) electrons. The smallest absolute Gasteiger partial charge is 0.338 e. The Bertz CT molecular complexity index is 866. The molecule has 0 aromatic heterocycles. The van der Waals surface area contributed by atoms with Crippen LogP contribution in [0.1, 0.15) is 56.5 Å². The predicted octanol–water partition coefficient (Wildman–Crippen LogP) is 4.80. The standard InChI is InChI=1S/C24H31NO6/c1-6-28-20-13-17(14-21(29-7-2)23(20)30-8-3)24(27)31-15-22(26)25-19-12-10-9-11-18(19)16(4)5/h9-14,16H,6-8,15H2,1-5H3,(H,25,26). The summed E-state index contributed by atoms with van der Waals surface area (Å²) in [5.41, 5.74) is 1.93. The van der Waals surface area contributed by atoms with E-state index in [9.17, 15) is 9.59 Å². The number of anilines is 1. The van der Waals surface area contributed by atoms with Gasteiger partial charge in [0.05, 0.1) is 25.4 Å². The van der Waals surface area contributed by atoms with Crippen molar-refractivity contribution < 1.29 is 28.5 Å². The molecular formula is C24H31NO6. The number of carbonyl (C=O) groups is 2. The molecule has 168 valence electrons. The monoisotopic (exact) mass is 429 g/mol. The molecule has 1 N–H and O–H groups in total. The van der Waals surface area contributed by atoms with Gasteiger partial charge in [0.25, 0.3) is 5.91 Å². The minimum absolute atomic E-state index is 0.214. The number of ether oxygens (including phenoxy) is 4. The van der Waals surface area contributed by atoms with Crippen LogP contribution in [0.25, 0.3) is 0 Å². The summed E-state index contributed by atoms with van der Waals surface area (Å²) < 4.78 is 22.1. The molecule has 7 nitrogen and oxygen atoms in total. The molecule has 0 aliphatic rings. The van der Waals surface area contributed by atoms with Gasteiger partial charge < -0.3 is 24.3 Å². The lowest BCUT2D eigenvalue weighted by Crippen LogP contribution is -2.21. The van der Waals surface area contributed by atoms with Crippen LogP contribution in [-0.4, -0.2) is 38.3 Å². The zero-order valence-corrected chi connectivity index (χ0v) is 18.8. The number of benzene rings is 2. The maximum Gasteiger partial charge on any atom is 0.338 e. The third kappa shape index (κ3) is 6.64. The van der Waals surface area contributed by atoms with Gasteiger partial charge in [0.15, 0.2) is 18.1 Å². The molecule has 0 saturated carbocycles. The molecule has 0 unspecified atom stereocenters. The Morgan fingerprint density at radius 3 is 2.03 bits per heavy atom. The summed E-state index contributed by atoms with van der Waals surface area (Å²) in [7, 11) is 0. The predicted molar refractivity (Wildman–Crippen MR) is 119 cm³/mol. The summed E-state index contributed by atoms with van der Waals surface area (Å²) in [6.07, 6.45) is 0. The molecule has 2 aromatic rings. The van der Waals surface area contributed by atoms with Crippen LogP contribution < -0.4 is 19.5 Å². The lowest BCUT2D eigenvalue weighted by Gasteiger charge is -2.17. The van der Waals surface area contributed by atoms with Gasteiger partial charge in [-0.3, -0.25) is 4.79 Å². The highest BCUT2D eigenvalue weighted by Gasteiger charge is 2.20. The topological polar surface area (TPSA) is 83.1 Å². The first-order valence-corrected chi connectivity index (χ1v) is 10.5. The van der Waals surface area contributed by atoms with Crippen molar-refractivity contribution in [3.63, 3.8) is 0 Å². The van der Waals surface area contributed by atoms with E-state index in [1.807, 2.05) is 58.9 Å². The van der Waals surface area contributed by atoms with Crippen molar-refractivity contribution in [2.75, 3.05) is 31.7 Å². The molecule has 0 bridgehead atoms. The van der Waals surface area contributed by atoms with Crippen LogP contribution in [0.3, 0.4) is 0 Å². The normalized spacial score (nSPS) is 10.5. The van der Waals surface area contributed by atoms with E-state index < -0.39 is 18.5 Å². The van der Waals surface area contributed by atoms with Gasteiger partial charge >= 0.3 is 5.97 Å². The highest BCUT2D eigenvalue weighted by molar-refractivity contribution is 5.96. The zero-order valence-electron chi connectivity index (χ0n) is 18.8. The molecule has 0 aliphatic carbocycles.